The lowest BCUT2D eigenvalue weighted by atomic mass is 9.73. The highest BCUT2D eigenvalue weighted by molar-refractivity contribution is 5.81. The number of aliphatic hydroxyl groups is 1. The Labute approximate surface area is 164 Å². The van der Waals surface area contributed by atoms with Gasteiger partial charge >= 0.3 is 0 Å². The van der Waals surface area contributed by atoms with Gasteiger partial charge in [0.1, 0.15) is 5.82 Å². The molecule has 0 unspecified atom stereocenters. The molecule has 0 aromatic heterocycles. The number of aliphatic hydroxyl groups excluding tert-OH is 1. The molecule has 5 heteroatoms. The highest BCUT2D eigenvalue weighted by Crippen LogP contribution is 2.43. The molecule has 1 amide bonds. The average Bonchev–Trinajstić information content (AvgIpc) is 2.67. The Balaban J connectivity index is 1.52. The number of benzene rings is 2. The fourth-order valence-corrected chi connectivity index (χ4v) is 4.56. The van der Waals surface area contributed by atoms with Crippen LogP contribution in [-0.2, 0) is 11.3 Å². The first kappa shape index (κ1) is 18.8. The normalized spacial score (nSPS) is 25.0. The van der Waals surface area contributed by atoms with E-state index in [1.165, 1.54) is 12.1 Å². The second kappa shape index (κ2) is 7.86. The van der Waals surface area contributed by atoms with E-state index in [0.29, 0.717) is 13.1 Å². The van der Waals surface area contributed by atoms with Gasteiger partial charge in [0.25, 0.3) is 0 Å². The predicted octanol–water partition coefficient (Wildman–Crippen LogP) is 3.03. The van der Waals surface area contributed by atoms with Crippen molar-refractivity contribution in [2.24, 2.45) is 0 Å². The molecule has 1 N–H and O–H groups in total. The standard InChI is InChI=1S/C23H25FN2O2/c1-2-3-16-4-8-18(9-5-16)23-20-13-25(12-17-6-10-19(24)11-7-17)14-22(28)26(20)21(23)15-27/h2-11,20-21,23,27H,12-15H2,1H3/t20-,21+,23+/m1/s1. The van der Waals surface area contributed by atoms with Gasteiger partial charge in [0.15, 0.2) is 0 Å². The monoisotopic (exact) mass is 380 g/mol. The maximum atomic E-state index is 13.1. The molecule has 2 fully saturated rings. The lowest BCUT2D eigenvalue weighted by Gasteiger charge is -2.59. The van der Waals surface area contributed by atoms with E-state index in [9.17, 15) is 14.3 Å². The minimum absolute atomic E-state index is 0.0263. The molecule has 0 aliphatic carbocycles. The van der Waals surface area contributed by atoms with Gasteiger partial charge in [0.2, 0.25) is 5.91 Å². The smallest absolute Gasteiger partial charge is 0.237 e. The third-order valence-corrected chi connectivity index (χ3v) is 5.82. The van der Waals surface area contributed by atoms with Gasteiger partial charge in [-0.15, -0.1) is 0 Å². The van der Waals surface area contributed by atoms with Gasteiger partial charge < -0.3 is 10.0 Å². The van der Waals surface area contributed by atoms with E-state index < -0.39 is 0 Å². The van der Waals surface area contributed by atoms with E-state index in [0.717, 1.165) is 23.2 Å². The fraction of sp³-hybridized carbons (Fsp3) is 0.348. The summed E-state index contributed by atoms with van der Waals surface area (Å²) < 4.78 is 13.1. The Kier molecular flexibility index (Phi) is 5.29. The second-order valence-corrected chi connectivity index (χ2v) is 7.61. The summed E-state index contributed by atoms with van der Waals surface area (Å²) in [6.45, 7) is 3.66. The summed E-state index contributed by atoms with van der Waals surface area (Å²) in [5.41, 5.74) is 3.29. The van der Waals surface area contributed by atoms with Crippen molar-refractivity contribution in [1.82, 2.24) is 9.80 Å². The first-order valence-corrected chi connectivity index (χ1v) is 9.72. The molecule has 2 saturated heterocycles. The third-order valence-electron chi connectivity index (χ3n) is 5.82. The second-order valence-electron chi connectivity index (χ2n) is 7.61. The van der Waals surface area contributed by atoms with Gasteiger partial charge in [-0.2, -0.15) is 0 Å². The topological polar surface area (TPSA) is 43.8 Å². The molecule has 2 heterocycles. The first-order valence-electron chi connectivity index (χ1n) is 9.72. The lowest BCUT2D eigenvalue weighted by Crippen LogP contribution is -2.72. The molecule has 2 aromatic rings. The molecule has 4 nitrogen and oxygen atoms in total. The molecule has 2 aliphatic rings. The first-order chi connectivity index (χ1) is 13.6. The number of hydrogen-bond acceptors (Lipinski definition) is 3. The molecule has 4 rings (SSSR count). The Morgan fingerprint density at radius 2 is 1.86 bits per heavy atom. The van der Waals surface area contributed by atoms with Crippen LogP contribution in [0.2, 0.25) is 0 Å². The highest BCUT2D eigenvalue weighted by atomic mass is 19.1. The van der Waals surface area contributed by atoms with Crippen molar-refractivity contribution < 1.29 is 14.3 Å². The largest absolute Gasteiger partial charge is 0.394 e. The molecule has 146 valence electrons. The molecule has 0 radical (unpaired) electrons. The van der Waals surface area contributed by atoms with Gasteiger partial charge in [0, 0.05) is 19.0 Å². The van der Waals surface area contributed by atoms with Crippen molar-refractivity contribution >= 4 is 12.0 Å². The summed E-state index contributed by atoms with van der Waals surface area (Å²) in [6.07, 6.45) is 4.05. The van der Waals surface area contributed by atoms with Gasteiger partial charge in [-0.25, -0.2) is 4.39 Å². The molecular weight excluding hydrogens is 355 g/mol. The minimum Gasteiger partial charge on any atom is -0.394 e. The number of carbonyl (C=O) groups excluding carboxylic acids is 1. The van der Waals surface area contributed by atoms with E-state index >= 15 is 0 Å². The Hall–Kier alpha value is -2.50. The number of rotatable bonds is 5. The van der Waals surface area contributed by atoms with Gasteiger partial charge in [-0.1, -0.05) is 48.6 Å². The van der Waals surface area contributed by atoms with Crippen LogP contribution in [0.3, 0.4) is 0 Å². The van der Waals surface area contributed by atoms with Crippen LogP contribution in [-0.4, -0.2) is 52.6 Å². The van der Waals surface area contributed by atoms with E-state index in [1.807, 2.05) is 17.9 Å². The van der Waals surface area contributed by atoms with Crippen molar-refractivity contribution in [2.45, 2.75) is 31.5 Å². The third kappa shape index (κ3) is 3.48. The molecule has 0 spiro atoms. The van der Waals surface area contributed by atoms with Crippen molar-refractivity contribution in [1.29, 1.82) is 0 Å². The van der Waals surface area contributed by atoms with Gasteiger partial charge in [0.05, 0.1) is 25.2 Å². The SMILES string of the molecule is CC=Cc1ccc([C@H]2[C@H]3CN(Cc4ccc(F)cc4)CC(=O)N3[C@H]2CO)cc1. The minimum atomic E-state index is -0.254. The molecule has 28 heavy (non-hydrogen) atoms. The molecular formula is C23H25FN2O2. The number of fused-ring (bicyclic) bond motifs is 1. The Morgan fingerprint density at radius 1 is 1.14 bits per heavy atom. The lowest BCUT2D eigenvalue weighted by molar-refractivity contribution is -0.162. The van der Waals surface area contributed by atoms with E-state index in [2.05, 4.69) is 35.2 Å². The summed E-state index contributed by atoms with van der Waals surface area (Å²) in [5.74, 6) is -0.0697. The van der Waals surface area contributed by atoms with Crippen molar-refractivity contribution in [3.63, 3.8) is 0 Å². The maximum Gasteiger partial charge on any atom is 0.237 e. The average molecular weight is 380 g/mol. The zero-order valence-electron chi connectivity index (χ0n) is 16.0. The van der Waals surface area contributed by atoms with Crippen molar-refractivity contribution in [3.8, 4) is 0 Å². The zero-order valence-corrected chi connectivity index (χ0v) is 16.0. The predicted molar refractivity (Wildman–Crippen MR) is 107 cm³/mol. The van der Waals surface area contributed by atoms with Crippen molar-refractivity contribution in [3.05, 3.63) is 77.1 Å². The molecule has 0 bridgehead atoms. The summed E-state index contributed by atoms with van der Waals surface area (Å²) in [6, 6.07) is 14.7. The van der Waals surface area contributed by atoms with E-state index in [4.69, 9.17) is 0 Å². The molecule has 0 saturated carbocycles. The van der Waals surface area contributed by atoms with Gasteiger partial charge in [-0.3, -0.25) is 9.69 Å². The van der Waals surface area contributed by atoms with Crippen LogP contribution in [0.25, 0.3) is 6.08 Å². The van der Waals surface area contributed by atoms with Crippen molar-refractivity contribution in [2.75, 3.05) is 19.7 Å². The van der Waals surface area contributed by atoms with Crippen LogP contribution < -0.4 is 0 Å². The van der Waals surface area contributed by atoms with E-state index in [-0.39, 0.29) is 36.3 Å². The number of amides is 1. The number of hydrogen-bond donors (Lipinski definition) is 1. The highest BCUT2D eigenvalue weighted by Gasteiger charge is 2.53. The van der Waals surface area contributed by atoms with Gasteiger partial charge in [-0.05, 0) is 35.7 Å². The number of carbonyl (C=O) groups is 1. The number of nitrogens with zero attached hydrogens (tertiary/aromatic N) is 2. The number of piperazine rings is 1. The van der Waals surface area contributed by atoms with Crippen LogP contribution >= 0.6 is 0 Å². The molecule has 2 aromatic carbocycles. The summed E-state index contributed by atoms with van der Waals surface area (Å²) >= 11 is 0. The van der Waals surface area contributed by atoms with E-state index in [1.54, 1.807) is 12.1 Å². The molecule has 2 aliphatic heterocycles. The summed E-state index contributed by atoms with van der Waals surface area (Å²) in [4.78, 5) is 16.7. The Bertz CT molecular complexity index is 863. The summed E-state index contributed by atoms with van der Waals surface area (Å²) in [5, 5.41) is 9.89. The fourth-order valence-electron chi connectivity index (χ4n) is 4.56. The zero-order chi connectivity index (χ0) is 19.7. The van der Waals surface area contributed by atoms with Crippen LogP contribution in [0.4, 0.5) is 4.39 Å². The molecule has 3 atom stereocenters. The van der Waals surface area contributed by atoms with Crippen LogP contribution in [0, 0.1) is 5.82 Å². The van der Waals surface area contributed by atoms with Crippen LogP contribution in [0.5, 0.6) is 0 Å². The maximum absolute atomic E-state index is 13.1. The van der Waals surface area contributed by atoms with Crippen LogP contribution in [0.1, 0.15) is 29.5 Å². The quantitative estimate of drug-likeness (QED) is 0.867. The Morgan fingerprint density at radius 3 is 2.50 bits per heavy atom. The van der Waals surface area contributed by atoms with Crippen LogP contribution in [0.15, 0.2) is 54.6 Å². The number of allylic oxidation sites excluding steroid dienone is 1. The summed E-state index contributed by atoms with van der Waals surface area (Å²) in [7, 11) is 0. The number of halogens is 1.